The van der Waals surface area contributed by atoms with Crippen LogP contribution in [0.5, 0.6) is 11.5 Å². The Balaban J connectivity index is 1.93. The van der Waals surface area contributed by atoms with Crippen LogP contribution >= 0.6 is 11.3 Å². The number of methoxy groups -OCH3 is 2. The predicted molar refractivity (Wildman–Crippen MR) is 102 cm³/mol. The van der Waals surface area contributed by atoms with Crippen LogP contribution in [0.2, 0.25) is 0 Å². The van der Waals surface area contributed by atoms with Crippen molar-refractivity contribution in [2.75, 3.05) is 26.2 Å². The standard InChI is InChI=1S/C18H21N5O2S/c1-11-12(2)26-16(20-11)10-23(3)18-21-13(9-19-22-18)17-14(24-4)7-6-8-15(17)25-5/h6-9H,10H2,1-5H3. The molecule has 0 atom stereocenters. The Labute approximate surface area is 156 Å². The lowest BCUT2D eigenvalue weighted by Crippen LogP contribution is -2.19. The highest BCUT2D eigenvalue weighted by atomic mass is 32.1. The number of hydrogen-bond donors (Lipinski definition) is 0. The highest BCUT2D eigenvalue weighted by molar-refractivity contribution is 7.11. The Morgan fingerprint density at radius 1 is 1.08 bits per heavy atom. The van der Waals surface area contributed by atoms with Gasteiger partial charge in [0.25, 0.3) is 0 Å². The van der Waals surface area contributed by atoms with Crippen LogP contribution in [0.15, 0.2) is 24.4 Å². The molecule has 2 aromatic heterocycles. The predicted octanol–water partition coefficient (Wildman–Crippen LogP) is 3.27. The minimum Gasteiger partial charge on any atom is -0.496 e. The zero-order valence-electron chi connectivity index (χ0n) is 15.5. The number of nitrogens with zero attached hydrogens (tertiary/aromatic N) is 5. The summed E-state index contributed by atoms with van der Waals surface area (Å²) < 4.78 is 10.9. The van der Waals surface area contributed by atoms with Crippen molar-refractivity contribution in [2.45, 2.75) is 20.4 Å². The molecule has 0 saturated carbocycles. The number of aryl methyl sites for hydroxylation is 2. The van der Waals surface area contributed by atoms with Gasteiger partial charge in [-0.15, -0.1) is 16.4 Å². The van der Waals surface area contributed by atoms with Crippen LogP contribution in [0.1, 0.15) is 15.6 Å². The maximum absolute atomic E-state index is 5.46. The van der Waals surface area contributed by atoms with Crippen LogP contribution in [0.3, 0.4) is 0 Å². The van der Waals surface area contributed by atoms with Crippen LogP contribution < -0.4 is 14.4 Å². The summed E-state index contributed by atoms with van der Waals surface area (Å²) >= 11 is 1.68. The average molecular weight is 371 g/mol. The topological polar surface area (TPSA) is 73.3 Å². The summed E-state index contributed by atoms with van der Waals surface area (Å²) in [7, 11) is 5.16. The molecule has 0 amide bonds. The molecule has 26 heavy (non-hydrogen) atoms. The van der Waals surface area contributed by atoms with Crippen molar-refractivity contribution in [2.24, 2.45) is 0 Å². The van der Waals surface area contributed by atoms with Gasteiger partial charge in [0.1, 0.15) is 22.2 Å². The summed E-state index contributed by atoms with van der Waals surface area (Å²) in [5.74, 6) is 1.86. The molecule has 0 bridgehead atoms. The second-order valence-corrected chi connectivity index (χ2v) is 7.07. The summed E-state index contributed by atoms with van der Waals surface area (Å²) in [6.45, 7) is 4.71. The molecule has 0 aliphatic rings. The van der Waals surface area contributed by atoms with Crippen molar-refractivity contribution in [3.05, 3.63) is 40.0 Å². The van der Waals surface area contributed by atoms with Gasteiger partial charge < -0.3 is 14.4 Å². The number of rotatable bonds is 6. The summed E-state index contributed by atoms with van der Waals surface area (Å²) in [5, 5.41) is 9.30. The van der Waals surface area contributed by atoms with Gasteiger partial charge in [-0.3, -0.25) is 0 Å². The van der Waals surface area contributed by atoms with Gasteiger partial charge in [-0.25, -0.2) is 9.97 Å². The van der Waals surface area contributed by atoms with Gasteiger partial charge >= 0.3 is 0 Å². The van der Waals surface area contributed by atoms with E-state index in [0.29, 0.717) is 29.7 Å². The smallest absolute Gasteiger partial charge is 0.246 e. The second kappa shape index (κ2) is 7.65. The number of aromatic nitrogens is 4. The van der Waals surface area contributed by atoms with Crippen molar-refractivity contribution < 1.29 is 9.47 Å². The number of anilines is 1. The molecule has 2 heterocycles. The Bertz CT molecular complexity index is 871. The first kappa shape index (κ1) is 18.1. The summed E-state index contributed by atoms with van der Waals surface area (Å²) in [6.07, 6.45) is 1.61. The van der Waals surface area contributed by atoms with Crippen LogP contribution in [0.4, 0.5) is 5.95 Å². The third-order valence-electron chi connectivity index (χ3n) is 4.02. The molecule has 1 aromatic carbocycles. The lowest BCUT2D eigenvalue weighted by molar-refractivity contribution is 0.397. The molecule has 0 N–H and O–H groups in total. The van der Waals surface area contributed by atoms with E-state index in [1.807, 2.05) is 37.1 Å². The number of thiazole rings is 1. The molecule has 0 radical (unpaired) electrons. The largest absolute Gasteiger partial charge is 0.496 e. The van der Waals surface area contributed by atoms with Gasteiger partial charge in [-0.1, -0.05) is 6.07 Å². The van der Waals surface area contributed by atoms with Crippen LogP contribution in [0.25, 0.3) is 11.3 Å². The number of hydrogen-bond acceptors (Lipinski definition) is 8. The molecule has 3 aromatic rings. The minimum absolute atomic E-state index is 0.515. The summed E-state index contributed by atoms with van der Waals surface area (Å²) in [5.41, 5.74) is 2.45. The fourth-order valence-corrected chi connectivity index (χ4v) is 3.55. The maximum atomic E-state index is 5.46. The van der Waals surface area contributed by atoms with E-state index in [9.17, 15) is 0 Å². The van der Waals surface area contributed by atoms with E-state index in [-0.39, 0.29) is 0 Å². The summed E-state index contributed by atoms with van der Waals surface area (Å²) in [4.78, 5) is 12.4. The van der Waals surface area contributed by atoms with E-state index >= 15 is 0 Å². The van der Waals surface area contributed by atoms with Crippen molar-refractivity contribution in [1.82, 2.24) is 20.2 Å². The molecule has 0 aliphatic carbocycles. The third-order valence-corrected chi connectivity index (χ3v) is 5.08. The van der Waals surface area contributed by atoms with Gasteiger partial charge in [0.15, 0.2) is 0 Å². The van der Waals surface area contributed by atoms with Gasteiger partial charge in [-0.05, 0) is 26.0 Å². The quantitative estimate of drug-likeness (QED) is 0.658. The van der Waals surface area contributed by atoms with Gasteiger partial charge in [0.2, 0.25) is 5.95 Å². The first-order chi connectivity index (χ1) is 12.5. The Morgan fingerprint density at radius 2 is 1.77 bits per heavy atom. The molecule has 0 fully saturated rings. The van der Waals surface area contributed by atoms with E-state index in [0.717, 1.165) is 16.3 Å². The SMILES string of the molecule is COc1cccc(OC)c1-c1cnnc(N(C)Cc2nc(C)c(C)s2)n1. The van der Waals surface area contributed by atoms with Crippen molar-refractivity contribution in [3.63, 3.8) is 0 Å². The molecule has 7 nitrogen and oxygen atoms in total. The highest BCUT2D eigenvalue weighted by Gasteiger charge is 2.17. The molecule has 0 aliphatic heterocycles. The second-order valence-electron chi connectivity index (χ2n) is 5.78. The lowest BCUT2D eigenvalue weighted by atomic mass is 10.1. The third kappa shape index (κ3) is 3.60. The molecule has 0 spiro atoms. The Hall–Kier alpha value is -2.74. The monoisotopic (exact) mass is 371 g/mol. The first-order valence-electron chi connectivity index (χ1n) is 8.08. The van der Waals surface area contributed by atoms with Crippen molar-refractivity contribution in [3.8, 4) is 22.8 Å². The lowest BCUT2D eigenvalue weighted by Gasteiger charge is -2.17. The summed E-state index contributed by atoms with van der Waals surface area (Å²) in [6, 6.07) is 5.60. The number of ether oxygens (including phenoxy) is 2. The zero-order valence-corrected chi connectivity index (χ0v) is 16.3. The molecular formula is C18H21N5O2S. The Kier molecular flexibility index (Phi) is 5.32. The molecule has 136 valence electrons. The van der Waals surface area contributed by atoms with Crippen LogP contribution in [-0.4, -0.2) is 41.4 Å². The average Bonchev–Trinajstić information content (AvgIpc) is 2.98. The van der Waals surface area contributed by atoms with Crippen LogP contribution in [-0.2, 0) is 6.54 Å². The fourth-order valence-electron chi connectivity index (χ4n) is 2.56. The van der Waals surface area contributed by atoms with Crippen molar-refractivity contribution in [1.29, 1.82) is 0 Å². The highest BCUT2D eigenvalue weighted by Crippen LogP contribution is 2.37. The van der Waals surface area contributed by atoms with Crippen molar-refractivity contribution >= 4 is 17.3 Å². The van der Waals surface area contributed by atoms with E-state index in [1.54, 1.807) is 31.8 Å². The van der Waals surface area contributed by atoms with Gasteiger partial charge in [-0.2, -0.15) is 5.10 Å². The Morgan fingerprint density at radius 3 is 2.35 bits per heavy atom. The molecular weight excluding hydrogens is 350 g/mol. The van der Waals surface area contributed by atoms with E-state index < -0.39 is 0 Å². The van der Waals surface area contributed by atoms with E-state index in [2.05, 4.69) is 27.1 Å². The van der Waals surface area contributed by atoms with Gasteiger partial charge in [0, 0.05) is 11.9 Å². The molecule has 0 unspecified atom stereocenters. The van der Waals surface area contributed by atoms with E-state index in [4.69, 9.17) is 9.47 Å². The molecule has 8 heteroatoms. The van der Waals surface area contributed by atoms with E-state index in [1.165, 1.54) is 4.88 Å². The number of benzene rings is 1. The molecule has 3 rings (SSSR count). The maximum Gasteiger partial charge on any atom is 0.246 e. The first-order valence-corrected chi connectivity index (χ1v) is 8.90. The zero-order chi connectivity index (χ0) is 18.7. The van der Waals surface area contributed by atoms with Gasteiger partial charge in [0.05, 0.1) is 38.2 Å². The molecule has 0 saturated heterocycles. The minimum atomic E-state index is 0.515. The normalized spacial score (nSPS) is 10.7. The fraction of sp³-hybridized carbons (Fsp3) is 0.333. The van der Waals surface area contributed by atoms with Crippen LogP contribution in [0, 0.1) is 13.8 Å².